The summed E-state index contributed by atoms with van der Waals surface area (Å²) in [5.74, 6) is 1.75. The number of alkyl halides is 1. The van der Waals surface area contributed by atoms with E-state index < -0.39 is 0 Å². The van der Waals surface area contributed by atoms with Gasteiger partial charge in [-0.2, -0.15) is 0 Å². The van der Waals surface area contributed by atoms with Crippen molar-refractivity contribution in [1.82, 2.24) is 15.1 Å². The summed E-state index contributed by atoms with van der Waals surface area (Å²) in [6.07, 6.45) is 23.4. The smallest absolute Gasteiger partial charge is 0.223 e. The van der Waals surface area contributed by atoms with Crippen molar-refractivity contribution in [3.63, 3.8) is 0 Å². The fourth-order valence-corrected chi connectivity index (χ4v) is 6.75. The molecule has 1 aliphatic heterocycles. The molecule has 2 saturated carbocycles. The number of hydrogen-bond acceptors (Lipinski definition) is 3. The van der Waals surface area contributed by atoms with Gasteiger partial charge in [-0.05, 0) is 101 Å². The lowest BCUT2D eigenvalue weighted by atomic mass is 9.74. The van der Waals surface area contributed by atoms with Gasteiger partial charge in [-0.15, -0.1) is 11.6 Å². The molecule has 3 fully saturated rings. The normalized spacial score (nSPS) is 25.5. The molecule has 0 aromatic rings. The van der Waals surface area contributed by atoms with Gasteiger partial charge in [0.2, 0.25) is 12.3 Å². The average molecular weight is 570 g/mol. The highest BCUT2D eigenvalue weighted by Gasteiger charge is 2.26. The van der Waals surface area contributed by atoms with E-state index in [1.54, 1.807) is 16.0 Å². The predicted octanol–water partition coefficient (Wildman–Crippen LogP) is 7.17. The molecule has 0 aromatic heterocycles. The van der Waals surface area contributed by atoms with Crippen LogP contribution in [0.1, 0.15) is 84.5 Å². The maximum atomic E-state index is 12.2. The first-order valence-electron chi connectivity index (χ1n) is 15.5. The third-order valence-corrected chi connectivity index (χ3v) is 9.69. The lowest BCUT2D eigenvalue weighted by Crippen LogP contribution is -2.40. The number of piperidine rings is 1. The van der Waals surface area contributed by atoms with E-state index in [0.717, 1.165) is 57.0 Å². The molecule has 4 aliphatic carbocycles. The number of hydrogen-bond donors (Lipinski definition) is 1. The molecule has 40 heavy (non-hydrogen) atoms. The van der Waals surface area contributed by atoms with Crippen LogP contribution in [0.25, 0.3) is 0 Å². The Labute approximate surface area is 248 Å². The third kappa shape index (κ3) is 9.98. The van der Waals surface area contributed by atoms with Crippen molar-refractivity contribution in [3.05, 3.63) is 60.4 Å². The summed E-state index contributed by atoms with van der Waals surface area (Å²) >= 11 is 6.15. The van der Waals surface area contributed by atoms with Crippen molar-refractivity contribution in [3.8, 4) is 0 Å². The molecule has 2 atom stereocenters. The van der Waals surface area contributed by atoms with Gasteiger partial charge in [-0.25, -0.2) is 0 Å². The molecule has 2 amide bonds. The number of nitrogens with one attached hydrogen (secondary N) is 1. The van der Waals surface area contributed by atoms with Gasteiger partial charge in [0.25, 0.3) is 0 Å². The maximum Gasteiger partial charge on any atom is 0.223 e. The van der Waals surface area contributed by atoms with Crippen molar-refractivity contribution in [2.45, 2.75) is 95.9 Å². The van der Waals surface area contributed by atoms with Crippen LogP contribution in [0.15, 0.2) is 60.4 Å². The van der Waals surface area contributed by atoms with E-state index in [1.165, 1.54) is 50.5 Å². The first kappa shape index (κ1) is 32.2. The van der Waals surface area contributed by atoms with Crippen LogP contribution in [0, 0.1) is 17.8 Å². The highest BCUT2D eigenvalue weighted by atomic mass is 35.5. The highest BCUT2D eigenvalue weighted by Crippen LogP contribution is 2.41. The Kier molecular flexibility index (Phi) is 13.6. The van der Waals surface area contributed by atoms with Crippen molar-refractivity contribution in [2.24, 2.45) is 17.8 Å². The fourth-order valence-electron chi connectivity index (χ4n) is 6.50. The second-order valence-electron chi connectivity index (χ2n) is 12.2. The standard InChI is InChI=1S/C18H26N2O2.C16H26ClN/c1-13-10-16-3-2-15(13)11-17(16)4-7-19-18(22)14-5-8-20(12-21)9-6-14;1-4-6-7-8-14(3)18(5-2)13-15-9-11-16(17)12-10-15/h11-14H,2-10H2,1H3,(H,19,22);4-7,14-16H,1-2,8-13H2,3H3/b;7-6+. The van der Waals surface area contributed by atoms with E-state index in [4.69, 9.17) is 11.6 Å². The van der Waals surface area contributed by atoms with E-state index in [2.05, 4.69) is 49.4 Å². The summed E-state index contributed by atoms with van der Waals surface area (Å²) in [5, 5.41) is 3.50. The van der Waals surface area contributed by atoms with Gasteiger partial charge in [0.05, 0.1) is 0 Å². The van der Waals surface area contributed by atoms with Crippen LogP contribution in [0.2, 0.25) is 0 Å². The molecule has 2 bridgehead atoms. The Morgan fingerprint density at radius 3 is 2.48 bits per heavy atom. The van der Waals surface area contributed by atoms with Crippen LogP contribution < -0.4 is 5.32 Å². The third-order valence-electron chi connectivity index (χ3n) is 9.25. The minimum Gasteiger partial charge on any atom is -0.375 e. The molecule has 5 nitrogen and oxygen atoms in total. The summed E-state index contributed by atoms with van der Waals surface area (Å²) in [6.45, 7) is 15.5. The quantitative estimate of drug-likeness (QED) is 0.154. The van der Waals surface area contributed by atoms with E-state index in [0.29, 0.717) is 24.5 Å². The summed E-state index contributed by atoms with van der Waals surface area (Å²) in [6, 6.07) is 0.507. The Morgan fingerprint density at radius 2 is 1.90 bits per heavy atom. The number of halogens is 1. The largest absolute Gasteiger partial charge is 0.375 e. The van der Waals surface area contributed by atoms with Crippen LogP contribution in [0.5, 0.6) is 0 Å². The minimum atomic E-state index is 0.0787. The van der Waals surface area contributed by atoms with Gasteiger partial charge in [0.1, 0.15) is 0 Å². The van der Waals surface area contributed by atoms with Crippen molar-refractivity contribution < 1.29 is 9.59 Å². The molecule has 1 saturated heterocycles. The fraction of sp³-hybridized carbons (Fsp3) is 0.647. The number of carbonyl (C=O) groups is 2. The van der Waals surface area contributed by atoms with Gasteiger partial charge >= 0.3 is 0 Å². The summed E-state index contributed by atoms with van der Waals surface area (Å²) in [5.41, 5.74) is 4.67. The van der Waals surface area contributed by atoms with Crippen LogP contribution in [0.4, 0.5) is 0 Å². The van der Waals surface area contributed by atoms with Crippen molar-refractivity contribution >= 4 is 23.9 Å². The predicted molar refractivity (Wildman–Crippen MR) is 168 cm³/mol. The van der Waals surface area contributed by atoms with Crippen molar-refractivity contribution in [1.29, 1.82) is 0 Å². The second-order valence-corrected chi connectivity index (χ2v) is 12.8. The average Bonchev–Trinajstić information content (AvgIpc) is 2.98. The molecule has 1 heterocycles. The Morgan fingerprint density at radius 1 is 1.18 bits per heavy atom. The monoisotopic (exact) mass is 569 g/mol. The minimum absolute atomic E-state index is 0.0787. The molecule has 0 aromatic carbocycles. The zero-order valence-electron chi connectivity index (χ0n) is 25.0. The van der Waals surface area contributed by atoms with E-state index in [1.807, 2.05) is 18.4 Å². The summed E-state index contributed by atoms with van der Waals surface area (Å²) in [7, 11) is 0. The van der Waals surface area contributed by atoms with Gasteiger partial charge in [-0.1, -0.05) is 55.5 Å². The van der Waals surface area contributed by atoms with E-state index in [9.17, 15) is 9.59 Å². The Bertz CT molecular complexity index is 939. The number of fused-ring (bicyclic) bond motifs is 3. The van der Waals surface area contributed by atoms with E-state index >= 15 is 0 Å². The van der Waals surface area contributed by atoms with Gasteiger partial charge < -0.3 is 15.1 Å². The molecule has 222 valence electrons. The molecule has 6 heteroatoms. The first-order chi connectivity index (χ1) is 19.3. The Hall–Kier alpha value is -2.27. The van der Waals surface area contributed by atoms with Crippen LogP contribution in [0.3, 0.4) is 0 Å². The van der Waals surface area contributed by atoms with Gasteiger partial charge in [-0.3, -0.25) is 9.59 Å². The van der Waals surface area contributed by atoms with Crippen LogP contribution >= 0.6 is 11.6 Å². The zero-order valence-corrected chi connectivity index (χ0v) is 25.7. The molecule has 5 rings (SSSR count). The number of rotatable bonds is 12. The van der Waals surface area contributed by atoms with Gasteiger partial charge in [0.15, 0.2) is 0 Å². The van der Waals surface area contributed by atoms with Crippen LogP contribution in [-0.2, 0) is 9.59 Å². The summed E-state index contributed by atoms with van der Waals surface area (Å²) in [4.78, 5) is 27.0. The number of carbonyl (C=O) groups excluding carboxylic acids is 2. The number of nitrogens with zero attached hydrogens (tertiary/aromatic N) is 2. The molecule has 0 radical (unpaired) electrons. The highest BCUT2D eigenvalue weighted by molar-refractivity contribution is 6.20. The van der Waals surface area contributed by atoms with E-state index in [-0.39, 0.29) is 11.8 Å². The number of allylic oxidation sites excluding steroid dienone is 5. The SMILES string of the molecule is C=C/C=C/CC(C)N(C=C)CC1CCC(Cl)CC1.CC1CC2=C(CCNC(=O)C3CCN(C=O)CC3)C=C1CC2. The second kappa shape index (κ2) is 16.9. The number of likely N-dealkylation sites (tertiary alicyclic amines) is 1. The van der Waals surface area contributed by atoms with Crippen molar-refractivity contribution in [2.75, 3.05) is 26.2 Å². The molecular formula is C34H52ClN3O2. The maximum absolute atomic E-state index is 12.2. The summed E-state index contributed by atoms with van der Waals surface area (Å²) < 4.78 is 0. The number of amides is 2. The molecule has 1 N–H and O–H groups in total. The molecule has 5 aliphatic rings. The first-order valence-corrected chi connectivity index (χ1v) is 16.0. The Balaban J connectivity index is 0.000000226. The van der Waals surface area contributed by atoms with Gasteiger partial charge in [0, 0.05) is 43.5 Å². The lowest BCUT2D eigenvalue weighted by Gasteiger charge is -2.33. The molecule has 0 spiro atoms. The lowest BCUT2D eigenvalue weighted by molar-refractivity contribution is -0.128. The molecular weight excluding hydrogens is 518 g/mol. The topological polar surface area (TPSA) is 52.7 Å². The zero-order chi connectivity index (χ0) is 28.9. The molecule has 2 unspecified atom stereocenters. The van der Waals surface area contributed by atoms with Crippen LogP contribution in [-0.4, -0.2) is 59.7 Å².